The van der Waals surface area contributed by atoms with Crippen molar-refractivity contribution in [3.05, 3.63) is 35.4 Å². The van der Waals surface area contributed by atoms with Crippen LogP contribution in [0.2, 0.25) is 0 Å². The second-order valence-electron chi connectivity index (χ2n) is 4.24. The van der Waals surface area contributed by atoms with Crippen LogP contribution in [0.3, 0.4) is 0 Å². The molecule has 0 saturated carbocycles. The topological polar surface area (TPSA) is 58.6 Å². The molecule has 0 aliphatic carbocycles. The Balaban J connectivity index is 2.04. The Bertz CT molecular complexity index is 502. The van der Waals surface area contributed by atoms with Crippen LogP contribution in [0, 0.1) is 0 Å². The number of rotatable bonds is 5. The van der Waals surface area contributed by atoms with Gasteiger partial charge in [-0.25, -0.2) is 0 Å². The van der Waals surface area contributed by atoms with Gasteiger partial charge >= 0.3 is 0 Å². The summed E-state index contributed by atoms with van der Waals surface area (Å²) in [4.78, 5) is 0. The van der Waals surface area contributed by atoms with Crippen LogP contribution in [0.15, 0.2) is 24.3 Å². The molecule has 1 heterocycles. The first-order chi connectivity index (χ1) is 8.63. The Morgan fingerprint density at radius 1 is 1.33 bits per heavy atom. The molecule has 5 nitrogen and oxygen atoms in total. The fourth-order valence-corrected chi connectivity index (χ4v) is 3.20. The predicted molar refractivity (Wildman–Crippen MR) is 69.4 cm³/mol. The van der Waals surface area contributed by atoms with Crippen LogP contribution in [-0.4, -0.2) is 39.5 Å². The van der Waals surface area contributed by atoms with Crippen LogP contribution in [0.25, 0.3) is 0 Å². The summed E-state index contributed by atoms with van der Waals surface area (Å²) in [5.41, 5.74) is 2.32. The molecule has 100 valence electrons. The van der Waals surface area contributed by atoms with E-state index >= 15 is 0 Å². The minimum absolute atomic E-state index is 0.303. The van der Waals surface area contributed by atoms with Gasteiger partial charge < -0.3 is 4.74 Å². The van der Waals surface area contributed by atoms with Crippen molar-refractivity contribution >= 4 is 10.2 Å². The molecule has 1 aliphatic rings. The Labute approximate surface area is 108 Å². The van der Waals surface area contributed by atoms with Crippen LogP contribution in [0.1, 0.15) is 11.1 Å². The number of hydrogen-bond acceptors (Lipinski definition) is 3. The lowest BCUT2D eigenvalue weighted by atomic mass is 10.0. The zero-order valence-electron chi connectivity index (χ0n) is 10.4. The van der Waals surface area contributed by atoms with Crippen molar-refractivity contribution in [3.8, 4) is 0 Å². The van der Waals surface area contributed by atoms with Gasteiger partial charge in [-0.3, -0.25) is 0 Å². The Hall–Kier alpha value is -0.950. The monoisotopic (exact) mass is 270 g/mol. The zero-order valence-corrected chi connectivity index (χ0v) is 11.2. The Morgan fingerprint density at radius 2 is 2.06 bits per heavy atom. The molecule has 0 aromatic heterocycles. The van der Waals surface area contributed by atoms with E-state index in [4.69, 9.17) is 4.74 Å². The molecule has 0 amide bonds. The van der Waals surface area contributed by atoms with Crippen molar-refractivity contribution < 1.29 is 13.2 Å². The van der Waals surface area contributed by atoms with E-state index in [1.165, 1.54) is 9.87 Å². The number of hydrogen-bond donors (Lipinski definition) is 1. The van der Waals surface area contributed by atoms with Crippen LogP contribution in [-0.2, 0) is 27.9 Å². The molecule has 6 heteroatoms. The molecular formula is C12H18N2O3S. The van der Waals surface area contributed by atoms with E-state index in [1.54, 1.807) is 7.11 Å². The standard InChI is InChI=1S/C12H18N2O3S/c1-17-9-7-13-18(15,16)14-8-6-11-4-2-3-5-12(11)10-14/h2-5,13H,6-10H2,1H3. The third kappa shape index (κ3) is 3.08. The number of ether oxygens (including phenoxy) is 1. The molecule has 1 aromatic rings. The molecular weight excluding hydrogens is 252 g/mol. The van der Waals surface area contributed by atoms with Gasteiger partial charge in [0, 0.05) is 26.7 Å². The lowest BCUT2D eigenvalue weighted by Gasteiger charge is -2.28. The molecule has 0 unspecified atom stereocenters. The molecule has 1 aliphatic heterocycles. The van der Waals surface area contributed by atoms with E-state index in [9.17, 15) is 8.42 Å². The smallest absolute Gasteiger partial charge is 0.279 e. The summed E-state index contributed by atoms with van der Waals surface area (Å²) in [5.74, 6) is 0. The number of methoxy groups -OCH3 is 1. The van der Waals surface area contributed by atoms with E-state index in [0.29, 0.717) is 26.2 Å². The maximum atomic E-state index is 12.0. The Kier molecular flexibility index (Phi) is 4.34. The number of nitrogens with one attached hydrogen (secondary N) is 1. The summed E-state index contributed by atoms with van der Waals surface area (Å²) < 4.78 is 32.9. The Morgan fingerprint density at radius 3 is 2.78 bits per heavy atom. The summed E-state index contributed by atoms with van der Waals surface area (Å²) in [6.45, 7) is 1.65. The number of benzene rings is 1. The van der Waals surface area contributed by atoms with Crippen LogP contribution >= 0.6 is 0 Å². The van der Waals surface area contributed by atoms with E-state index in [1.807, 2.05) is 18.2 Å². The van der Waals surface area contributed by atoms with Gasteiger partial charge in [0.05, 0.1) is 6.61 Å². The third-order valence-electron chi connectivity index (χ3n) is 3.03. The van der Waals surface area contributed by atoms with Gasteiger partial charge in [0.25, 0.3) is 10.2 Å². The summed E-state index contributed by atoms with van der Waals surface area (Å²) in [5, 5.41) is 0. The molecule has 0 saturated heterocycles. The van der Waals surface area contributed by atoms with Gasteiger partial charge in [-0.1, -0.05) is 24.3 Å². The maximum absolute atomic E-state index is 12.0. The average Bonchev–Trinajstić information content (AvgIpc) is 2.38. The predicted octanol–water partition coefficient (Wildman–Crippen LogP) is 0.526. The highest BCUT2D eigenvalue weighted by molar-refractivity contribution is 7.87. The number of nitrogens with zero attached hydrogens (tertiary/aromatic N) is 1. The SMILES string of the molecule is COCCNS(=O)(=O)N1CCc2ccccc2C1. The van der Waals surface area contributed by atoms with Gasteiger partial charge in [0.15, 0.2) is 0 Å². The molecule has 18 heavy (non-hydrogen) atoms. The van der Waals surface area contributed by atoms with E-state index < -0.39 is 10.2 Å². The quantitative estimate of drug-likeness (QED) is 0.794. The first kappa shape index (κ1) is 13.5. The van der Waals surface area contributed by atoms with Crippen LogP contribution in [0.5, 0.6) is 0 Å². The van der Waals surface area contributed by atoms with E-state index in [0.717, 1.165) is 12.0 Å². The highest BCUT2D eigenvalue weighted by atomic mass is 32.2. The summed E-state index contributed by atoms with van der Waals surface area (Å²) in [6.07, 6.45) is 0.765. The molecule has 2 rings (SSSR count). The minimum Gasteiger partial charge on any atom is -0.383 e. The first-order valence-electron chi connectivity index (χ1n) is 5.94. The van der Waals surface area contributed by atoms with Gasteiger partial charge in [-0.05, 0) is 17.5 Å². The minimum atomic E-state index is -3.39. The van der Waals surface area contributed by atoms with Crippen molar-refractivity contribution in [3.63, 3.8) is 0 Å². The van der Waals surface area contributed by atoms with Gasteiger partial charge in [-0.15, -0.1) is 0 Å². The molecule has 0 radical (unpaired) electrons. The summed E-state index contributed by atoms with van der Waals surface area (Å²) >= 11 is 0. The molecule has 0 bridgehead atoms. The average molecular weight is 270 g/mol. The van der Waals surface area contributed by atoms with Gasteiger partial charge in [0.1, 0.15) is 0 Å². The fourth-order valence-electron chi connectivity index (χ4n) is 2.04. The van der Waals surface area contributed by atoms with Crippen LogP contribution in [0.4, 0.5) is 0 Å². The van der Waals surface area contributed by atoms with Crippen LogP contribution < -0.4 is 4.72 Å². The van der Waals surface area contributed by atoms with Gasteiger partial charge in [0.2, 0.25) is 0 Å². The largest absolute Gasteiger partial charge is 0.383 e. The highest BCUT2D eigenvalue weighted by Gasteiger charge is 2.25. The molecule has 0 spiro atoms. The zero-order chi connectivity index (χ0) is 13.0. The van der Waals surface area contributed by atoms with E-state index in [2.05, 4.69) is 10.8 Å². The second-order valence-corrected chi connectivity index (χ2v) is 6.00. The molecule has 0 fully saturated rings. The highest BCUT2D eigenvalue weighted by Crippen LogP contribution is 2.19. The first-order valence-corrected chi connectivity index (χ1v) is 7.38. The summed E-state index contributed by atoms with van der Waals surface area (Å²) in [7, 11) is -1.85. The fraction of sp³-hybridized carbons (Fsp3) is 0.500. The van der Waals surface area contributed by atoms with Gasteiger partial charge in [-0.2, -0.15) is 17.4 Å². The van der Waals surface area contributed by atoms with Crippen molar-refractivity contribution in [2.45, 2.75) is 13.0 Å². The molecule has 1 aromatic carbocycles. The lowest BCUT2D eigenvalue weighted by molar-refractivity contribution is 0.203. The van der Waals surface area contributed by atoms with Crippen molar-refractivity contribution in [2.24, 2.45) is 0 Å². The third-order valence-corrected chi connectivity index (χ3v) is 4.59. The van der Waals surface area contributed by atoms with Crippen molar-refractivity contribution in [1.82, 2.24) is 9.03 Å². The molecule has 0 atom stereocenters. The number of fused-ring (bicyclic) bond motifs is 1. The maximum Gasteiger partial charge on any atom is 0.279 e. The second kappa shape index (κ2) is 5.79. The lowest BCUT2D eigenvalue weighted by Crippen LogP contribution is -2.44. The van der Waals surface area contributed by atoms with Crippen molar-refractivity contribution in [2.75, 3.05) is 26.8 Å². The van der Waals surface area contributed by atoms with E-state index in [-0.39, 0.29) is 0 Å². The normalized spacial score (nSPS) is 16.5. The summed E-state index contributed by atoms with van der Waals surface area (Å²) in [6, 6.07) is 7.96. The molecule has 1 N–H and O–H groups in total. The van der Waals surface area contributed by atoms with Crippen molar-refractivity contribution in [1.29, 1.82) is 0 Å².